The third-order valence-electron chi connectivity index (χ3n) is 2.38. The van der Waals surface area contributed by atoms with Crippen LogP contribution in [0.15, 0.2) is 0 Å². The van der Waals surface area contributed by atoms with E-state index in [-0.39, 0.29) is 12.6 Å². The van der Waals surface area contributed by atoms with Gasteiger partial charge in [0.1, 0.15) is 0 Å². The minimum atomic E-state index is -0.0984. The Hall–Kier alpha value is -0.870. The number of aliphatic hydroxyl groups excluding tert-OH is 1. The summed E-state index contributed by atoms with van der Waals surface area (Å²) < 4.78 is 1.82. The summed E-state index contributed by atoms with van der Waals surface area (Å²) in [4.78, 5) is 0. The lowest BCUT2D eigenvalue weighted by atomic mass is 10.0. The van der Waals surface area contributed by atoms with Crippen molar-refractivity contribution in [2.75, 3.05) is 6.61 Å². The van der Waals surface area contributed by atoms with Crippen LogP contribution < -0.4 is 5.73 Å². The molecule has 1 aromatic rings. The summed E-state index contributed by atoms with van der Waals surface area (Å²) >= 11 is 0. The quantitative estimate of drug-likeness (QED) is 0.713. The van der Waals surface area contributed by atoms with Crippen LogP contribution in [0.2, 0.25) is 0 Å². The largest absolute Gasteiger partial charge is 0.396 e. The fraction of sp³-hybridized carbons (Fsp3) is 0.667. The first-order valence-corrected chi connectivity index (χ1v) is 4.44. The van der Waals surface area contributed by atoms with Gasteiger partial charge in [-0.2, -0.15) is 5.10 Å². The number of nitrogens with two attached hydrogens (primary N) is 1. The van der Waals surface area contributed by atoms with Crippen molar-refractivity contribution in [1.82, 2.24) is 9.78 Å². The highest BCUT2D eigenvalue weighted by Gasteiger charge is 2.15. The van der Waals surface area contributed by atoms with Gasteiger partial charge in [0.05, 0.1) is 5.69 Å². The molecule has 0 bridgehead atoms. The Kier molecular flexibility index (Phi) is 3.06. The molecular weight excluding hydrogens is 166 g/mol. The molecule has 4 nitrogen and oxygen atoms in total. The fourth-order valence-electron chi connectivity index (χ4n) is 1.61. The molecule has 0 unspecified atom stereocenters. The van der Waals surface area contributed by atoms with Crippen molar-refractivity contribution >= 4 is 0 Å². The highest BCUT2D eigenvalue weighted by Crippen LogP contribution is 2.20. The van der Waals surface area contributed by atoms with E-state index in [4.69, 9.17) is 10.8 Å². The molecule has 0 fully saturated rings. The van der Waals surface area contributed by atoms with Crippen molar-refractivity contribution in [1.29, 1.82) is 0 Å². The van der Waals surface area contributed by atoms with Gasteiger partial charge < -0.3 is 10.8 Å². The van der Waals surface area contributed by atoms with Crippen molar-refractivity contribution < 1.29 is 5.11 Å². The highest BCUT2D eigenvalue weighted by molar-refractivity contribution is 5.27. The number of aryl methyl sites for hydroxylation is 2. The zero-order chi connectivity index (χ0) is 10.0. The molecule has 1 heterocycles. The molecule has 0 radical (unpaired) electrons. The van der Waals surface area contributed by atoms with Gasteiger partial charge in [0, 0.05) is 31.0 Å². The SMILES string of the molecule is Cc1nn(C)c(C)c1[C@@H](N)CCO. The van der Waals surface area contributed by atoms with E-state index in [0.717, 1.165) is 17.0 Å². The lowest BCUT2D eigenvalue weighted by Gasteiger charge is -2.10. The molecule has 1 rings (SSSR count). The Morgan fingerprint density at radius 2 is 2.15 bits per heavy atom. The van der Waals surface area contributed by atoms with Gasteiger partial charge in [-0.3, -0.25) is 4.68 Å². The third-order valence-corrected chi connectivity index (χ3v) is 2.38. The molecule has 1 aromatic heterocycles. The number of hydrogen-bond acceptors (Lipinski definition) is 3. The molecule has 0 saturated heterocycles. The second-order valence-electron chi connectivity index (χ2n) is 3.33. The first-order valence-electron chi connectivity index (χ1n) is 4.44. The summed E-state index contributed by atoms with van der Waals surface area (Å²) in [5, 5.41) is 13.0. The molecule has 74 valence electrons. The van der Waals surface area contributed by atoms with Gasteiger partial charge in [-0.25, -0.2) is 0 Å². The monoisotopic (exact) mass is 183 g/mol. The molecule has 4 heteroatoms. The molecule has 0 amide bonds. The molecule has 0 aliphatic rings. The van der Waals surface area contributed by atoms with E-state index in [9.17, 15) is 0 Å². The summed E-state index contributed by atoms with van der Waals surface area (Å²) in [6.07, 6.45) is 0.591. The Morgan fingerprint density at radius 1 is 1.54 bits per heavy atom. The predicted molar refractivity (Wildman–Crippen MR) is 51.3 cm³/mol. The molecular formula is C9H17N3O. The van der Waals surface area contributed by atoms with Crippen molar-refractivity contribution in [3.8, 4) is 0 Å². The van der Waals surface area contributed by atoms with Crippen molar-refractivity contribution in [2.45, 2.75) is 26.3 Å². The third kappa shape index (κ3) is 1.89. The molecule has 13 heavy (non-hydrogen) atoms. The normalized spacial score (nSPS) is 13.3. The topological polar surface area (TPSA) is 64.1 Å². The maximum Gasteiger partial charge on any atom is 0.0644 e. The predicted octanol–water partition coefficient (Wildman–Crippen LogP) is 0.419. The Balaban J connectivity index is 2.98. The van der Waals surface area contributed by atoms with Crippen LogP contribution in [0.1, 0.15) is 29.4 Å². The van der Waals surface area contributed by atoms with Crippen LogP contribution in [0.3, 0.4) is 0 Å². The second kappa shape index (κ2) is 3.89. The zero-order valence-electron chi connectivity index (χ0n) is 8.41. The van der Waals surface area contributed by atoms with Gasteiger partial charge in [0.2, 0.25) is 0 Å². The molecule has 3 N–H and O–H groups in total. The molecule has 0 spiro atoms. The van der Waals surface area contributed by atoms with E-state index in [1.807, 2.05) is 25.6 Å². The van der Waals surface area contributed by atoms with Gasteiger partial charge in [0.25, 0.3) is 0 Å². The van der Waals surface area contributed by atoms with Crippen LogP contribution in [-0.2, 0) is 7.05 Å². The van der Waals surface area contributed by atoms with Crippen LogP contribution in [0.4, 0.5) is 0 Å². The fourth-order valence-corrected chi connectivity index (χ4v) is 1.61. The number of nitrogens with zero attached hydrogens (tertiary/aromatic N) is 2. The highest BCUT2D eigenvalue weighted by atomic mass is 16.3. The lowest BCUT2D eigenvalue weighted by Crippen LogP contribution is -2.13. The Morgan fingerprint density at radius 3 is 2.54 bits per heavy atom. The number of rotatable bonds is 3. The summed E-state index contributed by atoms with van der Waals surface area (Å²) in [6.45, 7) is 4.06. The average Bonchev–Trinajstić information content (AvgIpc) is 2.27. The number of hydrogen-bond donors (Lipinski definition) is 2. The van der Waals surface area contributed by atoms with Crippen molar-refractivity contribution in [3.63, 3.8) is 0 Å². The first kappa shape index (κ1) is 10.2. The molecule has 1 atom stereocenters. The number of aromatic nitrogens is 2. The zero-order valence-corrected chi connectivity index (χ0v) is 8.41. The van der Waals surface area contributed by atoms with Crippen molar-refractivity contribution in [2.24, 2.45) is 12.8 Å². The molecule has 0 saturated carbocycles. The van der Waals surface area contributed by atoms with Gasteiger partial charge in [-0.05, 0) is 20.3 Å². The van der Waals surface area contributed by atoms with Crippen LogP contribution in [0.25, 0.3) is 0 Å². The summed E-state index contributed by atoms with van der Waals surface area (Å²) in [5.74, 6) is 0. The minimum Gasteiger partial charge on any atom is -0.396 e. The standard InChI is InChI=1S/C9H17N3O/c1-6-9(8(10)4-5-13)7(2)12(3)11-6/h8,13H,4-5,10H2,1-3H3/t8-/m0/s1. The van der Waals surface area contributed by atoms with E-state index in [1.165, 1.54) is 0 Å². The summed E-state index contributed by atoms with van der Waals surface area (Å²) in [7, 11) is 1.90. The van der Waals surface area contributed by atoms with Gasteiger partial charge in [0.15, 0.2) is 0 Å². The van der Waals surface area contributed by atoms with Gasteiger partial charge in [-0.15, -0.1) is 0 Å². The van der Waals surface area contributed by atoms with E-state index in [0.29, 0.717) is 6.42 Å². The van der Waals surface area contributed by atoms with E-state index < -0.39 is 0 Å². The maximum atomic E-state index is 8.78. The Bertz CT molecular complexity index is 293. The van der Waals surface area contributed by atoms with Crippen LogP contribution in [-0.4, -0.2) is 21.5 Å². The van der Waals surface area contributed by atoms with Gasteiger partial charge in [-0.1, -0.05) is 0 Å². The van der Waals surface area contributed by atoms with Gasteiger partial charge >= 0.3 is 0 Å². The number of aliphatic hydroxyl groups is 1. The lowest BCUT2D eigenvalue weighted by molar-refractivity contribution is 0.276. The molecule has 0 aliphatic carbocycles. The summed E-state index contributed by atoms with van der Waals surface area (Å²) in [6, 6.07) is -0.0984. The molecule has 0 aromatic carbocycles. The van der Waals surface area contributed by atoms with E-state index >= 15 is 0 Å². The van der Waals surface area contributed by atoms with Crippen LogP contribution >= 0.6 is 0 Å². The average molecular weight is 183 g/mol. The van der Waals surface area contributed by atoms with Crippen molar-refractivity contribution in [3.05, 3.63) is 17.0 Å². The Labute approximate surface area is 78.4 Å². The minimum absolute atomic E-state index is 0.0984. The van der Waals surface area contributed by atoms with Crippen LogP contribution in [0.5, 0.6) is 0 Å². The first-order chi connectivity index (χ1) is 6.07. The van der Waals surface area contributed by atoms with E-state index in [1.54, 1.807) is 0 Å². The molecule has 0 aliphatic heterocycles. The summed E-state index contributed by atoms with van der Waals surface area (Å²) in [5.41, 5.74) is 9.01. The maximum absolute atomic E-state index is 8.78. The van der Waals surface area contributed by atoms with E-state index in [2.05, 4.69) is 5.10 Å². The van der Waals surface area contributed by atoms with Crippen LogP contribution in [0, 0.1) is 13.8 Å². The second-order valence-corrected chi connectivity index (χ2v) is 3.33. The smallest absolute Gasteiger partial charge is 0.0644 e.